The van der Waals surface area contributed by atoms with Crippen molar-refractivity contribution in [3.05, 3.63) is 38.9 Å². The third-order valence-corrected chi connectivity index (χ3v) is 2.68. The molecule has 0 fully saturated rings. The number of rotatable bonds is 3. The maximum atomic E-state index is 10.8. The van der Waals surface area contributed by atoms with Crippen molar-refractivity contribution in [1.29, 1.82) is 0 Å². The lowest BCUT2D eigenvalue weighted by Crippen LogP contribution is -2.15. The second-order valence-electron chi connectivity index (χ2n) is 2.80. The van der Waals surface area contributed by atoms with Crippen LogP contribution in [-0.2, 0) is 15.8 Å². The van der Waals surface area contributed by atoms with Gasteiger partial charge in [-0.2, -0.15) is 0 Å². The number of primary sulfonamides is 1. The van der Waals surface area contributed by atoms with Crippen LogP contribution in [0.25, 0.3) is 0 Å². The van der Waals surface area contributed by atoms with E-state index in [1.807, 2.05) is 0 Å². The van der Waals surface area contributed by atoms with E-state index in [4.69, 9.17) is 16.7 Å². The van der Waals surface area contributed by atoms with E-state index >= 15 is 0 Å². The van der Waals surface area contributed by atoms with E-state index < -0.39 is 20.7 Å². The number of nitro benzene ring substituents is 1. The van der Waals surface area contributed by atoms with Gasteiger partial charge in [-0.05, 0) is 6.07 Å². The second-order valence-corrected chi connectivity index (χ2v) is 4.82. The third-order valence-electron chi connectivity index (χ3n) is 1.64. The van der Waals surface area contributed by atoms with Crippen LogP contribution in [0.2, 0.25) is 5.02 Å². The molecule has 0 aliphatic rings. The largest absolute Gasteiger partial charge is 0.275 e. The van der Waals surface area contributed by atoms with Crippen LogP contribution in [0.15, 0.2) is 18.2 Å². The molecule has 0 saturated heterocycles. The van der Waals surface area contributed by atoms with Crippen molar-refractivity contribution >= 4 is 27.3 Å². The molecule has 0 amide bonds. The number of nitrogens with two attached hydrogens (primary N) is 1. The van der Waals surface area contributed by atoms with Gasteiger partial charge >= 0.3 is 0 Å². The predicted molar refractivity (Wildman–Crippen MR) is 54.9 cm³/mol. The molecule has 0 saturated carbocycles. The Hall–Kier alpha value is -1.18. The average Bonchev–Trinajstić information content (AvgIpc) is 2.05. The summed E-state index contributed by atoms with van der Waals surface area (Å²) < 4.78 is 21.6. The van der Waals surface area contributed by atoms with E-state index in [1.54, 1.807) is 0 Å². The molecular formula is C7H7ClN2O4S. The number of nitro groups is 1. The van der Waals surface area contributed by atoms with Crippen molar-refractivity contribution in [3.8, 4) is 0 Å². The quantitative estimate of drug-likeness (QED) is 0.639. The van der Waals surface area contributed by atoms with Crippen molar-refractivity contribution in [2.45, 2.75) is 5.75 Å². The smallest absolute Gasteiger partial charge is 0.258 e. The fourth-order valence-electron chi connectivity index (χ4n) is 1.06. The van der Waals surface area contributed by atoms with E-state index in [0.717, 1.165) is 0 Å². The molecule has 6 nitrogen and oxygen atoms in total. The summed E-state index contributed by atoms with van der Waals surface area (Å²) in [5, 5.41) is 15.4. The molecule has 8 heteroatoms. The standard InChI is InChI=1S/C7H7ClN2O4S/c8-6-2-1-3-7(10(11)12)5(6)4-15(9,13)14/h1-3H,4H2,(H2,9,13,14). The highest BCUT2D eigenvalue weighted by Gasteiger charge is 2.20. The molecule has 0 aliphatic carbocycles. The lowest BCUT2D eigenvalue weighted by Gasteiger charge is -2.03. The number of hydrogen-bond acceptors (Lipinski definition) is 4. The van der Waals surface area contributed by atoms with Gasteiger partial charge in [-0.3, -0.25) is 10.1 Å². The van der Waals surface area contributed by atoms with Gasteiger partial charge in [0.05, 0.1) is 21.3 Å². The first-order valence-corrected chi connectivity index (χ1v) is 5.83. The summed E-state index contributed by atoms with van der Waals surface area (Å²) in [5.41, 5.74) is -0.441. The minimum Gasteiger partial charge on any atom is -0.258 e. The molecule has 0 heterocycles. The fraction of sp³-hybridized carbons (Fsp3) is 0.143. The van der Waals surface area contributed by atoms with Crippen LogP contribution < -0.4 is 5.14 Å². The summed E-state index contributed by atoms with van der Waals surface area (Å²) in [6, 6.07) is 3.91. The Labute approximate surface area is 90.9 Å². The number of nitrogens with zero attached hydrogens (tertiary/aromatic N) is 1. The topological polar surface area (TPSA) is 103 Å². The Bertz CT molecular complexity index is 500. The van der Waals surface area contributed by atoms with Crippen molar-refractivity contribution in [2.75, 3.05) is 0 Å². The average molecular weight is 251 g/mol. The molecular weight excluding hydrogens is 244 g/mol. The summed E-state index contributed by atoms with van der Waals surface area (Å²) in [6.45, 7) is 0. The highest BCUT2D eigenvalue weighted by Crippen LogP contribution is 2.27. The van der Waals surface area contributed by atoms with Crippen molar-refractivity contribution in [1.82, 2.24) is 0 Å². The number of sulfonamides is 1. The van der Waals surface area contributed by atoms with Gasteiger partial charge in [0.15, 0.2) is 0 Å². The molecule has 1 rings (SSSR count). The monoisotopic (exact) mass is 250 g/mol. The summed E-state index contributed by atoms with van der Waals surface area (Å²) in [5.74, 6) is -0.650. The van der Waals surface area contributed by atoms with Crippen molar-refractivity contribution < 1.29 is 13.3 Å². The van der Waals surface area contributed by atoms with E-state index in [-0.39, 0.29) is 16.3 Å². The Balaban J connectivity index is 3.32. The number of hydrogen-bond donors (Lipinski definition) is 1. The van der Waals surface area contributed by atoms with Crippen LogP contribution in [-0.4, -0.2) is 13.3 Å². The zero-order valence-corrected chi connectivity index (χ0v) is 8.96. The molecule has 0 radical (unpaired) electrons. The molecule has 2 N–H and O–H groups in total. The van der Waals surface area contributed by atoms with E-state index in [9.17, 15) is 18.5 Å². The van der Waals surface area contributed by atoms with Gasteiger partial charge in [0.1, 0.15) is 0 Å². The normalized spacial score (nSPS) is 11.3. The molecule has 82 valence electrons. The highest BCUT2D eigenvalue weighted by atomic mass is 35.5. The van der Waals surface area contributed by atoms with Crippen LogP contribution in [0.4, 0.5) is 5.69 Å². The third kappa shape index (κ3) is 3.15. The minimum absolute atomic E-state index is 0.0122. The van der Waals surface area contributed by atoms with E-state index in [1.165, 1.54) is 18.2 Å². The zero-order chi connectivity index (χ0) is 11.6. The van der Waals surface area contributed by atoms with Crippen molar-refractivity contribution in [3.63, 3.8) is 0 Å². The first kappa shape index (κ1) is 11.9. The zero-order valence-electron chi connectivity index (χ0n) is 7.38. The first-order chi connectivity index (χ1) is 6.81. The van der Waals surface area contributed by atoms with Gasteiger partial charge < -0.3 is 0 Å². The van der Waals surface area contributed by atoms with Gasteiger partial charge in [0, 0.05) is 6.07 Å². The molecule has 0 aromatic heterocycles. The van der Waals surface area contributed by atoms with E-state index in [2.05, 4.69) is 0 Å². The molecule has 0 atom stereocenters. The van der Waals surface area contributed by atoms with Crippen LogP contribution in [0, 0.1) is 10.1 Å². The van der Waals surface area contributed by atoms with Crippen LogP contribution in [0.3, 0.4) is 0 Å². The summed E-state index contributed by atoms with van der Waals surface area (Å²) in [6.07, 6.45) is 0. The molecule has 15 heavy (non-hydrogen) atoms. The summed E-state index contributed by atoms with van der Waals surface area (Å²) >= 11 is 5.66. The molecule has 1 aromatic rings. The van der Waals surface area contributed by atoms with Crippen LogP contribution >= 0.6 is 11.6 Å². The number of halogens is 1. The number of benzene rings is 1. The maximum Gasteiger partial charge on any atom is 0.275 e. The predicted octanol–water partition coefficient (Wildman–Crippen LogP) is 1.04. The van der Waals surface area contributed by atoms with Gasteiger partial charge in [-0.1, -0.05) is 17.7 Å². The summed E-state index contributed by atoms with van der Waals surface area (Å²) in [4.78, 5) is 9.87. The first-order valence-electron chi connectivity index (χ1n) is 3.73. The van der Waals surface area contributed by atoms with Crippen LogP contribution in [0.1, 0.15) is 5.56 Å². The van der Waals surface area contributed by atoms with Gasteiger partial charge in [-0.15, -0.1) is 0 Å². The Morgan fingerprint density at radius 1 is 1.47 bits per heavy atom. The fourth-order valence-corrected chi connectivity index (χ4v) is 2.08. The Morgan fingerprint density at radius 3 is 2.53 bits per heavy atom. The lowest BCUT2D eigenvalue weighted by molar-refractivity contribution is -0.385. The lowest BCUT2D eigenvalue weighted by atomic mass is 10.2. The molecule has 0 bridgehead atoms. The molecule has 0 spiro atoms. The highest BCUT2D eigenvalue weighted by molar-refractivity contribution is 7.88. The molecule has 0 aliphatic heterocycles. The Morgan fingerprint density at radius 2 is 2.07 bits per heavy atom. The van der Waals surface area contributed by atoms with E-state index in [0.29, 0.717) is 0 Å². The minimum atomic E-state index is -3.84. The van der Waals surface area contributed by atoms with Gasteiger partial charge in [0.2, 0.25) is 10.0 Å². The van der Waals surface area contributed by atoms with Crippen molar-refractivity contribution in [2.24, 2.45) is 5.14 Å². The molecule has 1 aromatic carbocycles. The summed E-state index contributed by atoms with van der Waals surface area (Å²) in [7, 11) is -3.84. The van der Waals surface area contributed by atoms with Gasteiger partial charge in [0.25, 0.3) is 5.69 Å². The van der Waals surface area contributed by atoms with Gasteiger partial charge in [-0.25, -0.2) is 13.6 Å². The van der Waals surface area contributed by atoms with Crippen LogP contribution in [0.5, 0.6) is 0 Å². The SMILES string of the molecule is NS(=O)(=O)Cc1c(Cl)cccc1[N+](=O)[O-]. The molecule has 0 unspecified atom stereocenters. The second kappa shape index (κ2) is 4.13. The maximum absolute atomic E-state index is 10.8. The Kier molecular flexibility index (Phi) is 3.28.